The molecule has 23 heavy (non-hydrogen) atoms. The van der Waals surface area contributed by atoms with Crippen molar-refractivity contribution in [1.82, 2.24) is 15.1 Å². The molecule has 6 heteroatoms. The maximum Gasteiger partial charge on any atom is 0.248 e. The quantitative estimate of drug-likeness (QED) is 0.786. The van der Waals surface area contributed by atoms with Crippen molar-refractivity contribution < 1.29 is 9.53 Å². The summed E-state index contributed by atoms with van der Waals surface area (Å²) in [5.74, 6) is 0.972. The van der Waals surface area contributed by atoms with Gasteiger partial charge in [-0.1, -0.05) is 31.2 Å². The van der Waals surface area contributed by atoms with E-state index < -0.39 is 0 Å². The first kappa shape index (κ1) is 15.7. The first-order chi connectivity index (χ1) is 11.3. The highest BCUT2D eigenvalue weighted by molar-refractivity contribution is 5.91. The molecule has 1 aliphatic heterocycles. The number of hydrogen-bond acceptors (Lipinski definition) is 5. The lowest BCUT2D eigenvalue weighted by Gasteiger charge is -2.35. The number of ether oxygens (including phenoxy) is 1. The Bertz CT molecular complexity index is 663. The van der Waals surface area contributed by atoms with Crippen molar-refractivity contribution in [3.05, 3.63) is 30.5 Å². The summed E-state index contributed by atoms with van der Waals surface area (Å²) < 4.78 is 5.34. The lowest BCUT2D eigenvalue weighted by Crippen LogP contribution is -2.50. The Morgan fingerprint density at radius 3 is 2.78 bits per heavy atom. The molecular formula is C17H22N4O2. The Hall–Kier alpha value is -2.21. The van der Waals surface area contributed by atoms with Crippen LogP contribution in [-0.4, -0.2) is 60.4 Å². The summed E-state index contributed by atoms with van der Waals surface area (Å²) in [7, 11) is 0. The van der Waals surface area contributed by atoms with Crippen molar-refractivity contribution in [2.75, 3.05) is 44.3 Å². The minimum atomic E-state index is 0.0714. The van der Waals surface area contributed by atoms with Crippen LogP contribution in [-0.2, 0) is 9.53 Å². The van der Waals surface area contributed by atoms with Gasteiger partial charge in [-0.05, 0) is 6.42 Å². The van der Waals surface area contributed by atoms with Crippen molar-refractivity contribution >= 4 is 22.5 Å². The van der Waals surface area contributed by atoms with Gasteiger partial charge in [0, 0.05) is 43.6 Å². The maximum absolute atomic E-state index is 12.1. The second-order valence-electron chi connectivity index (χ2n) is 5.68. The second-order valence-corrected chi connectivity index (χ2v) is 5.68. The van der Waals surface area contributed by atoms with Crippen molar-refractivity contribution in [2.24, 2.45) is 0 Å². The number of nitrogens with zero attached hydrogens (tertiary/aromatic N) is 4. The van der Waals surface area contributed by atoms with Gasteiger partial charge in [-0.2, -0.15) is 5.10 Å². The fourth-order valence-electron chi connectivity index (χ4n) is 2.81. The molecule has 0 bridgehead atoms. The lowest BCUT2D eigenvalue weighted by atomic mass is 10.1. The molecule has 1 aromatic heterocycles. The fraction of sp³-hybridized carbons (Fsp3) is 0.471. The second kappa shape index (κ2) is 7.37. The number of carbonyl (C=O) groups is 1. The number of benzene rings is 1. The standard InChI is InChI=1S/C17H22N4O2/c1-2-11-23-13-16(22)20-7-9-21(10-8-20)17-15-6-4-3-5-14(15)12-18-19-17/h3-6,12H,2,7-11,13H2,1H3. The Morgan fingerprint density at radius 1 is 1.22 bits per heavy atom. The summed E-state index contributed by atoms with van der Waals surface area (Å²) in [5.41, 5.74) is 0. The molecular weight excluding hydrogens is 292 g/mol. The maximum atomic E-state index is 12.1. The van der Waals surface area contributed by atoms with Crippen LogP contribution in [0.25, 0.3) is 10.8 Å². The predicted molar refractivity (Wildman–Crippen MR) is 89.4 cm³/mol. The van der Waals surface area contributed by atoms with Crippen LogP contribution in [0.2, 0.25) is 0 Å². The van der Waals surface area contributed by atoms with Crippen molar-refractivity contribution in [2.45, 2.75) is 13.3 Å². The molecule has 0 spiro atoms. The monoisotopic (exact) mass is 314 g/mol. The molecule has 0 atom stereocenters. The van der Waals surface area contributed by atoms with Crippen molar-refractivity contribution in [1.29, 1.82) is 0 Å². The molecule has 3 rings (SSSR count). The van der Waals surface area contributed by atoms with Crippen molar-refractivity contribution in [3.63, 3.8) is 0 Å². The smallest absolute Gasteiger partial charge is 0.248 e. The first-order valence-electron chi connectivity index (χ1n) is 8.10. The molecule has 0 unspecified atom stereocenters. The van der Waals surface area contributed by atoms with Gasteiger partial charge in [-0.25, -0.2) is 0 Å². The average molecular weight is 314 g/mol. The average Bonchev–Trinajstić information content (AvgIpc) is 2.61. The summed E-state index contributed by atoms with van der Waals surface area (Å²) in [4.78, 5) is 16.1. The van der Waals surface area contributed by atoms with Gasteiger partial charge in [0.05, 0.1) is 6.20 Å². The molecule has 122 valence electrons. The largest absolute Gasteiger partial charge is 0.372 e. The van der Waals surface area contributed by atoms with E-state index in [4.69, 9.17) is 4.74 Å². The van der Waals surface area contributed by atoms with E-state index >= 15 is 0 Å². The Kier molecular flexibility index (Phi) is 5.02. The predicted octanol–water partition coefficient (Wildman–Crippen LogP) is 1.70. The summed E-state index contributed by atoms with van der Waals surface area (Å²) >= 11 is 0. The molecule has 0 aliphatic carbocycles. The zero-order valence-corrected chi connectivity index (χ0v) is 13.4. The number of fused-ring (bicyclic) bond motifs is 1. The van der Waals surface area contributed by atoms with Crippen molar-refractivity contribution in [3.8, 4) is 0 Å². The molecule has 2 heterocycles. The van der Waals surface area contributed by atoms with Crippen LogP contribution in [0.3, 0.4) is 0 Å². The van der Waals surface area contributed by atoms with Gasteiger partial charge in [-0.3, -0.25) is 4.79 Å². The summed E-state index contributed by atoms with van der Waals surface area (Å²) in [6, 6.07) is 8.12. The van der Waals surface area contributed by atoms with E-state index in [-0.39, 0.29) is 12.5 Å². The summed E-state index contributed by atoms with van der Waals surface area (Å²) in [6.45, 7) is 5.77. The highest BCUT2D eigenvalue weighted by Gasteiger charge is 2.23. The molecule has 6 nitrogen and oxygen atoms in total. The van der Waals surface area contributed by atoms with Gasteiger partial charge in [-0.15, -0.1) is 5.10 Å². The van der Waals surface area contributed by atoms with Crippen LogP contribution < -0.4 is 4.90 Å². The highest BCUT2D eigenvalue weighted by atomic mass is 16.5. The number of anilines is 1. The van der Waals surface area contributed by atoms with E-state index in [2.05, 4.69) is 21.2 Å². The molecule has 0 radical (unpaired) electrons. The Labute approximate surface area is 136 Å². The lowest BCUT2D eigenvalue weighted by molar-refractivity contribution is -0.136. The van der Waals surface area contributed by atoms with Crippen LogP contribution >= 0.6 is 0 Å². The van der Waals surface area contributed by atoms with E-state index in [1.807, 2.05) is 30.0 Å². The van der Waals surface area contributed by atoms with E-state index in [1.54, 1.807) is 6.20 Å². The number of carbonyl (C=O) groups excluding carboxylic acids is 1. The highest BCUT2D eigenvalue weighted by Crippen LogP contribution is 2.23. The fourth-order valence-corrected chi connectivity index (χ4v) is 2.81. The van der Waals surface area contributed by atoms with Crippen LogP contribution in [0, 0.1) is 0 Å². The SMILES string of the molecule is CCCOCC(=O)N1CCN(c2nncc3ccccc23)CC1. The molecule has 1 saturated heterocycles. The molecule has 2 aromatic rings. The molecule has 1 aromatic carbocycles. The normalized spacial score (nSPS) is 15.2. The van der Waals surface area contributed by atoms with Crippen LogP contribution in [0.1, 0.15) is 13.3 Å². The van der Waals surface area contributed by atoms with Gasteiger partial charge in [0.1, 0.15) is 6.61 Å². The molecule has 1 fully saturated rings. The molecule has 0 saturated carbocycles. The van der Waals surface area contributed by atoms with Gasteiger partial charge in [0.25, 0.3) is 0 Å². The number of rotatable bonds is 5. The number of amides is 1. The zero-order valence-electron chi connectivity index (χ0n) is 13.4. The van der Waals surface area contributed by atoms with Gasteiger partial charge >= 0.3 is 0 Å². The topological polar surface area (TPSA) is 58.6 Å². The first-order valence-corrected chi connectivity index (χ1v) is 8.10. The third-order valence-corrected chi connectivity index (χ3v) is 4.06. The molecule has 1 amide bonds. The third-order valence-electron chi connectivity index (χ3n) is 4.06. The Morgan fingerprint density at radius 2 is 2.00 bits per heavy atom. The van der Waals surface area contributed by atoms with Crippen LogP contribution in [0.4, 0.5) is 5.82 Å². The number of aromatic nitrogens is 2. The summed E-state index contributed by atoms with van der Waals surface area (Å²) in [5, 5.41) is 10.6. The third kappa shape index (κ3) is 3.59. The van der Waals surface area contributed by atoms with E-state index in [0.717, 1.165) is 36.1 Å². The van der Waals surface area contributed by atoms with E-state index in [1.165, 1.54) is 0 Å². The summed E-state index contributed by atoms with van der Waals surface area (Å²) in [6.07, 6.45) is 2.71. The minimum absolute atomic E-state index is 0.0714. The van der Waals surface area contributed by atoms with E-state index in [0.29, 0.717) is 19.7 Å². The molecule has 1 aliphatic rings. The Balaban J connectivity index is 1.63. The van der Waals surface area contributed by atoms with E-state index in [9.17, 15) is 4.79 Å². The van der Waals surface area contributed by atoms with Gasteiger partial charge < -0.3 is 14.5 Å². The molecule has 0 N–H and O–H groups in total. The van der Waals surface area contributed by atoms with Crippen LogP contribution in [0.5, 0.6) is 0 Å². The van der Waals surface area contributed by atoms with Crippen LogP contribution in [0.15, 0.2) is 30.5 Å². The van der Waals surface area contributed by atoms with Gasteiger partial charge in [0.2, 0.25) is 5.91 Å². The number of piperazine rings is 1. The minimum Gasteiger partial charge on any atom is -0.372 e. The zero-order chi connectivity index (χ0) is 16.1. The van der Waals surface area contributed by atoms with Gasteiger partial charge in [0.15, 0.2) is 5.82 Å². The number of hydrogen-bond donors (Lipinski definition) is 0.